The molecular weight excluding hydrogens is 1070 g/mol. The molecule has 0 bridgehead atoms. The summed E-state index contributed by atoms with van der Waals surface area (Å²) in [4.78, 5) is 152. The van der Waals surface area contributed by atoms with E-state index in [1.165, 1.54) is 0 Å². The van der Waals surface area contributed by atoms with Crippen molar-refractivity contribution < 1.29 is 116 Å². The van der Waals surface area contributed by atoms with Gasteiger partial charge in [0.15, 0.2) is 5.78 Å². The van der Waals surface area contributed by atoms with E-state index < -0.39 is 103 Å². The molecule has 0 aliphatic heterocycles. The van der Waals surface area contributed by atoms with E-state index in [4.69, 9.17) is 35.1 Å². The van der Waals surface area contributed by atoms with Crippen LogP contribution in [0.3, 0.4) is 0 Å². The zero-order chi connectivity index (χ0) is 56.3. The van der Waals surface area contributed by atoms with Gasteiger partial charge in [-0.2, -0.15) is 0 Å². The lowest BCUT2D eigenvalue weighted by Crippen LogP contribution is -2.39. The summed E-state index contributed by atoms with van der Waals surface area (Å²) in [5, 5.41) is 27.7. The second-order valence-electron chi connectivity index (χ2n) is 17.6. The molecule has 422 valence electrons. The van der Waals surface area contributed by atoms with Crippen molar-refractivity contribution in [2.45, 2.75) is 141 Å². The van der Waals surface area contributed by atoms with Crippen LogP contribution in [0.15, 0.2) is 0 Å². The number of aliphatic hydroxyl groups is 3. The van der Waals surface area contributed by atoms with E-state index in [1.807, 2.05) is 0 Å². The molecule has 34 heteroatoms. The Bertz CT molecular complexity index is 1890. The third-order valence-corrected chi connectivity index (χ3v) is 24.1. The number of nitrogens with two attached hydrogens (primary N) is 1. The van der Waals surface area contributed by atoms with Crippen molar-refractivity contribution in [1.29, 1.82) is 0 Å². The fourth-order valence-corrected chi connectivity index (χ4v) is 14.3. The smallest absolute Gasteiger partial charge is 0.366 e. The van der Waals surface area contributed by atoms with Crippen LogP contribution in [0.2, 0.25) is 0 Å². The summed E-state index contributed by atoms with van der Waals surface area (Å²) in [6.07, 6.45) is -2.41. The summed E-state index contributed by atoms with van der Waals surface area (Å²) in [6.45, 7) is 12.0. The minimum Gasteiger partial charge on any atom is -0.369 e. The predicted molar refractivity (Wildman–Crippen MR) is 262 cm³/mol. The molecule has 0 fully saturated rings. The lowest BCUT2D eigenvalue weighted by Gasteiger charge is -2.30. The van der Waals surface area contributed by atoms with Gasteiger partial charge < -0.3 is 81.0 Å². The summed E-state index contributed by atoms with van der Waals surface area (Å²) >= 11 is 0. The van der Waals surface area contributed by atoms with Crippen LogP contribution < -0.4 is 21.7 Å². The van der Waals surface area contributed by atoms with Gasteiger partial charge in [0.1, 0.15) is 11.6 Å². The van der Waals surface area contributed by atoms with Crippen LogP contribution in [0.25, 0.3) is 0 Å². The number of rotatable bonds is 30. The van der Waals surface area contributed by atoms with Gasteiger partial charge in [0, 0.05) is 89.5 Å². The van der Waals surface area contributed by atoms with Crippen molar-refractivity contribution >= 4 is 80.0 Å². The molecule has 3 amide bonds. The number of ketones is 3. The Hall–Kier alpha value is -1.72. The van der Waals surface area contributed by atoms with Crippen LogP contribution in [0.5, 0.6) is 0 Å². The summed E-state index contributed by atoms with van der Waals surface area (Å²) in [7, 11) is -29.2. The summed E-state index contributed by atoms with van der Waals surface area (Å²) in [5.41, 5.74) is 5.58. The van der Waals surface area contributed by atoms with Crippen molar-refractivity contribution in [3.8, 4) is 0 Å². The fourth-order valence-electron chi connectivity index (χ4n) is 5.47. The van der Waals surface area contributed by atoms with Gasteiger partial charge in [0.25, 0.3) is 0 Å². The number of Topliss-reactive ketones (excluding diaryl/α,β-unsaturated/α-hetero) is 3. The van der Waals surface area contributed by atoms with Crippen LogP contribution in [0.4, 0.5) is 0 Å². The Morgan fingerprint density at radius 1 is 0.451 bits per heavy atom. The van der Waals surface area contributed by atoms with Gasteiger partial charge in [0.05, 0.1) is 6.04 Å². The lowest BCUT2D eigenvalue weighted by molar-refractivity contribution is -0.128. The fraction of sp³-hybridized carbons (Fsp3) is 0.838. The van der Waals surface area contributed by atoms with Crippen molar-refractivity contribution in [2.24, 2.45) is 23.5 Å². The molecule has 28 nitrogen and oxygen atoms in total. The Kier molecular flexibility index (Phi) is 33.5. The first-order valence-corrected chi connectivity index (χ1v) is 32.6. The average molecular weight is 1150 g/mol. The van der Waals surface area contributed by atoms with Gasteiger partial charge in [0.2, 0.25) is 55.1 Å². The highest BCUT2D eigenvalue weighted by Crippen LogP contribution is 2.71. The van der Waals surface area contributed by atoms with Gasteiger partial charge in [-0.15, -0.1) is 0 Å². The Morgan fingerprint density at radius 2 is 0.690 bits per heavy atom. The molecule has 0 aromatic rings. The van der Waals surface area contributed by atoms with E-state index in [0.29, 0.717) is 20.0 Å². The highest BCUT2D eigenvalue weighted by molar-refractivity contribution is 7.75. The molecule has 7 atom stereocenters. The normalized spacial score (nSPS) is 17.5. The number of carbonyl (C=O) groups excluding carboxylic acids is 6. The minimum absolute atomic E-state index is 0. The van der Waals surface area contributed by atoms with Gasteiger partial charge in [-0.05, 0) is 38.5 Å². The van der Waals surface area contributed by atoms with Crippen molar-refractivity contribution in [3.63, 3.8) is 0 Å². The van der Waals surface area contributed by atoms with Crippen molar-refractivity contribution in [3.05, 3.63) is 0 Å². The molecule has 0 saturated heterocycles. The highest BCUT2D eigenvalue weighted by Gasteiger charge is 2.58. The molecule has 0 aromatic heterocycles. The van der Waals surface area contributed by atoms with E-state index in [1.54, 1.807) is 41.5 Å². The first-order chi connectivity index (χ1) is 31.1. The molecule has 0 rings (SSSR count). The van der Waals surface area contributed by atoms with Crippen LogP contribution >= 0.6 is 44.9 Å². The molecule has 0 aliphatic carbocycles. The lowest BCUT2D eigenvalue weighted by atomic mass is 10.00. The molecule has 6 unspecified atom stereocenters. The van der Waals surface area contributed by atoms with Gasteiger partial charge in [-0.1, -0.05) is 49.0 Å². The Balaban J connectivity index is -0.000000471. The van der Waals surface area contributed by atoms with E-state index in [2.05, 4.69) is 16.0 Å². The van der Waals surface area contributed by atoms with Gasteiger partial charge >= 0.3 is 22.8 Å². The first-order valence-electron chi connectivity index (χ1n) is 21.5. The second-order valence-corrected chi connectivity index (χ2v) is 31.6. The quantitative estimate of drug-likeness (QED) is 0.0357. The maximum atomic E-state index is 11.6. The summed E-state index contributed by atoms with van der Waals surface area (Å²) in [6, 6.07) is -0.953. The van der Waals surface area contributed by atoms with E-state index in [0.717, 1.165) is 0 Å². The summed E-state index contributed by atoms with van der Waals surface area (Å²) in [5.74, 6) is -2.38. The topological polar surface area (TPSA) is 510 Å². The van der Waals surface area contributed by atoms with Gasteiger partial charge in [-0.3, -0.25) is 56.2 Å². The zero-order valence-electron chi connectivity index (χ0n) is 40.7. The maximum absolute atomic E-state index is 11.6. The van der Waals surface area contributed by atoms with Crippen LogP contribution in [-0.4, -0.2) is 155 Å². The molecule has 0 aliphatic rings. The summed E-state index contributed by atoms with van der Waals surface area (Å²) < 4.78 is 68.4. The van der Waals surface area contributed by atoms with E-state index >= 15 is 0 Å². The predicted octanol–water partition coefficient (Wildman–Crippen LogP) is 1.41. The second kappa shape index (κ2) is 31.4. The molecule has 0 saturated carbocycles. The molecule has 0 heterocycles. The first kappa shape index (κ1) is 75.8. The molecule has 0 spiro atoms. The molecule has 71 heavy (non-hydrogen) atoms. The number of hydrogen-bond acceptors (Lipinski definition) is 16. The van der Waals surface area contributed by atoms with E-state index in [9.17, 15) is 86.2 Å². The van der Waals surface area contributed by atoms with Crippen LogP contribution in [0.1, 0.15) is 120 Å². The Labute approximate surface area is 414 Å². The minimum atomic E-state index is -5.25. The van der Waals surface area contributed by atoms with Crippen LogP contribution in [-0.2, 0) is 56.2 Å². The molecule has 17 N–H and O–H groups in total. The number of nitrogens with one attached hydrogen (secondary N) is 3. The van der Waals surface area contributed by atoms with Crippen LogP contribution in [0, 0.1) is 17.8 Å². The van der Waals surface area contributed by atoms with Gasteiger partial charge in [-0.25, -0.2) is 0 Å². The van der Waals surface area contributed by atoms with E-state index in [-0.39, 0.29) is 114 Å². The molecular formula is C37H80N4O24P6. The monoisotopic (exact) mass is 1150 g/mol. The average Bonchev–Trinajstić information content (AvgIpc) is 3.17. The third kappa shape index (κ3) is 26.6. The third-order valence-electron chi connectivity index (χ3n) is 10.3. The number of hydrogen-bond donors (Lipinski definition) is 16. The standard InChI is InChI=1S/C12H26N2O8P2.2C12H25NO8P2.CH4/c1-8(2)11(16)9(13)7-10(15)14-6-4-5-12(17,23(3,18)19)24(20,21)22;2*1-9(2)10(14)5-6-11(15)13-8-4-7-12(16,22(3,17)18)23(19,20)21;/h8-9,17H,4-7,13H2,1-3H3,(H,14,15)(H,18,19)(H2,20,21,22);2*9,16H,4-8H2,1-3H3,(H,13,15)(H,17,18)(H2,19,20,21);1H4/t9-,12?;;;/m0.../s1. The van der Waals surface area contributed by atoms with Crippen molar-refractivity contribution in [1.82, 2.24) is 16.0 Å². The zero-order valence-corrected chi connectivity index (χ0v) is 46.1. The molecule has 0 radical (unpaired) electrons. The maximum Gasteiger partial charge on any atom is 0.366 e. The Morgan fingerprint density at radius 3 is 0.887 bits per heavy atom. The SMILES string of the molecule is C.CC(C)C(=O)CCC(=O)NCCCC(O)(P(C)(=O)O)P(=O)(O)O.CC(C)C(=O)CCC(=O)NCCCC(O)(P(C)(=O)O)P(=O)(O)O.CC(C)C(=O)[C@@H](N)CC(=O)NCCCC(O)(P(C)(=O)O)P(=O)(O)O. The molecule has 0 aromatic carbocycles. The highest BCUT2D eigenvalue weighted by atomic mass is 31.2. The largest absolute Gasteiger partial charge is 0.369 e. The number of amides is 3. The number of carbonyl (C=O) groups is 6. The van der Waals surface area contributed by atoms with Crippen molar-refractivity contribution in [2.75, 3.05) is 39.6 Å².